The third-order valence-electron chi connectivity index (χ3n) is 6.20. The van der Waals surface area contributed by atoms with Gasteiger partial charge in [-0.05, 0) is 42.8 Å². The van der Waals surface area contributed by atoms with Gasteiger partial charge < -0.3 is 28.3 Å². The molecular formula is C27H27NO8. The Morgan fingerprint density at radius 3 is 2.44 bits per heavy atom. The number of ether oxygens (including phenoxy) is 4. The van der Waals surface area contributed by atoms with Crippen molar-refractivity contribution in [3.8, 4) is 11.5 Å². The first-order valence-corrected chi connectivity index (χ1v) is 11.4. The highest BCUT2D eigenvalue weighted by molar-refractivity contribution is 5.97. The number of esters is 2. The smallest absolute Gasteiger partial charge is 0.374 e. The summed E-state index contributed by atoms with van der Waals surface area (Å²) in [5.41, 5.74) is 1.70. The van der Waals surface area contributed by atoms with E-state index in [9.17, 15) is 14.4 Å². The van der Waals surface area contributed by atoms with Gasteiger partial charge in [-0.25, -0.2) is 4.79 Å². The maximum absolute atomic E-state index is 13.4. The van der Waals surface area contributed by atoms with Crippen LogP contribution in [0.3, 0.4) is 0 Å². The monoisotopic (exact) mass is 493 g/mol. The summed E-state index contributed by atoms with van der Waals surface area (Å²) in [5.74, 6) is -0.797. The van der Waals surface area contributed by atoms with E-state index in [4.69, 9.17) is 23.4 Å². The lowest BCUT2D eigenvalue weighted by atomic mass is 9.83. The van der Waals surface area contributed by atoms with E-state index >= 15 is 0 Å². The quantitative estimate of drug-likeness (QED) is 0.428. The molecular weight excluding hydrogens is 466 g/mol. The number of nitrogens with zero attached hydrogens (tertiary/aromatic N) is 1. The molecule has 188 valence electrons. The molecule has 2 unspecified atom stereocenters. The molecule has 2 atom stereocenters. The lowest BCUT2D eigenvalue weighted by Gasteiger charge is -2.40. The van der Waals surface area contributed by atoms with Crippen LogP contribution in [-0.2, 0) is 25.7 Å². The van der Waals surface area contributed by atoms with E-state index in [0.29, 0.717) is 34.7 Å². The molecule has 1 aliphatic rings. The Hall–Kier alpha value is -4.27. The van der Waals surface area contributed by atoms with Gasteiger partial charge in [0.25, 0.3) is 0 Å². The number of carbonyl (C=O) groups is 3. The lowest BCUT2D eigenvalue weighted by molar-refractivity contribution is -0.152. The van der Waals surface area contributed by atoms with Crippen molar-refractivity contribution in [2.24, 2.45) is 5.92 Å². The molecule has 1 fully saturated rings. The van der Waals surface area contributed by atoms with Crippen molar-refractivity contribution in [1.29, 1.82) is 0 Å². The minimum atomic E-state index is -0.686. The average molecular weight is 494 g/mol. The highest BCUT2D eigenvalue weighted by Gasteiger charge is 2.43. The number of hydrogen-bond donors (Lipinski definition) is 0. The molecule has 0 bridgehead atoms. The van der Waals surface area contributed by atoms with Crippen molar-refractivity contribution in [1.82, 2.24) is 0 Å². The Morgan fingerprint density at radius 2 is 1.75 bits per heavy atom. The molecule has 0 aliphatic carbocycles. The SMILES string of the molecule is COC(=O)c1occc1COC(=O)C1CCC(=O)N(c2ccc(OC)cc2)C1c1ccccc1OC. The molecule has 1 aliphatic heterocycles. The van der Waals surface area contributed by atoms with Crippen molar-refractivity contribution in [3.63, 3.8) is 0 Å². The molecule has 1 aromatic heterocycles. The molecule has 3 aromatic rings. The van der Waals surface area contributed by atoms with Crippen LogP contribution >= 0.6 is 0 Å². The second-order valence-corrected chi connectivity index (χ2v) is 8.17. The minimum absolute atomic E-state index is 0.0229. The molecule has 9 heteroatoms. The zero-order chi connectivity index (χ0) is 25.7. The normalized spacial score (nSPS) is 17.4. The van der Waals surface area contributed by atoms with Crippen LogP contribution in [-0.4, -0.2) is 39.2 Å². The number of hydrogen-bond acceptors (Lipinski definition) is 8. The van der Waals surface area contributed by atoms with Crippen LogP contribution in [0.4, 0.5) is 5.69 Å². The Labute approximate surface area is 208 Å². The van der Waals surface area contributed by atoms with Gasteiger partial charge in [0.15, 0.2) is 0 Å². The molecule has 0 spiro atoms. The largest absolute Gasteiger partial charge is 0.497 e. The first-order chi connectivity index (χ1) is 17.5. The first-order valence-electron chi connectivity index (χ1n) is 11.4. The standard InChI is InChI=1S/C27H27NO8/c1-32-19-10-8-18(9-11-19)28-23(29)13-12-21(24(28)20-6-4-5-7-22(20)33-2)26(30)36-16-17-14-15-35-25(17)27(31)34-3/h4-11,14-15,21,24H,12-13,16H2,1-3H3. The number of methoxy groups -OCH3 is 3. The van der Waals surface area contributed by atoms with Gasteiger partial charge in [0.05, 0.1) is 39.6 Å². The number of furan rings is 1. The molecule has 0 N–H and O–H groups in total. The van der Waals surface area contributed by atoms with Crippen molar-refractivity contribution in [2.45, 2.75) is 25.5 Å². The zero-order valence-corrected chi connectivity index (χ0v) is 20.3. The third kappa shape index (κ3) is 4.91. The van der Waals surface area contributed by atoms with Gasteiger partial charge in [0.2, 0.25) is 11.7 Å². The van der Waals surface area contributed by atoms with Gasteiger partial charge in [0, 0.05) is 23.2 Å². The van der Waals surface area contributed by atoms with Crippen LogP contribution < -0.4 is 14.4 Å². The van der Waals surface area contributed by atoms with E-state index in [1.54, 1.807) is 55.5 Å². The van der Waals surface area contributed by atoms with Gasteiger partial charge in [-0.3, -0.25) is 9.59 Å². The van der Waals surface area contributed by atoms with Gasteiger partial charge in [0.1, 0.15) is 18.1 Å². The number of para-hydroxylation sites is 1. The molecule has 0 saturated carbocycles. The molecule has 9 nitrogen and oxygen atoms in total. The molecule has 36 heavy (non-hydrogen) atoms. The Kier molecular flexibility index (Phi) is 7.58. The number of rotatable bonds is 8. The summed E-state index contributed by atoms with van der Waals surface area (Å²) in [6.07, 6.45) is 1.79. The van der Waals surface area contributed by atoms with Crippen LogP contribution in [0.25, 0.3) is 0 Å². The Bertz CT molecular complexity index is 1230. The summed E-state index contributed by atoms with van der Waals surface area (Å²) < 4.78 is 26.4. The van der Waals surface area contributed by atoms with Crippen LogP contribution in [0.2, 0.25) is 0 Å². The fourth-order valence-corrected chi connectivity index (χ4v) is 4.43. The molecule has 0 radical (unpaired) electrons. The Morgan fingerprint density at radius 1 is 1.00 bits per heavy atom. The number of piperidine rings is 1. The van der Waals surface area contributed by atoms with E-state index in [0.717, 1.165) is 0 Å². The number of anilines is 1. The van der Waals surface area contributed by atoms with E-state index in [-0.39, 0.29) is 24.7 Å². The lowest BCUT2D eigenvalue weighted by Crippen LogP contribution is -2.46. The van der Waals surface area contributed by atoms with E-state index in [1.807, 2.05) is 18.2 Å². The zero-order valence-electron chi connectivity index (χ0n) is 20.3. The summed E-state index contributed by atoms with van der Waals surface area (Å²) in [6, 6.07) is 15.2. The minimum Gasteiger partial charge on any atom is -0.497 e. The Balaban J connectivity index is 1.68. The predicted molar refractivity (Wildman–Crippen MR) is 129 cm³/mol. The summed E-state index contributed by atoms with van der Waals surface area (Å²) in [7, 11) is 4.35. The molecule has 4 rings (SSSR count). The van der Waals surface area contributed by atoms with Crippen LogP contribution in [0.5, 0.6) is 11.5 Å². The van der Waals surface area contributed by atoms with Gasteiger partial charge in [-0.1, -0.05) is 18.2 Å². The summed E-state index contributed by atoms with van der Waals surface area (Å²) in [6.45, 7) is -0.175. The summed E-state index contributed by atoms with van der Waals surface area (Å²) in [4.78, 5) is 40.2. The van der Waals surface area contributed by atoms with Crippen LogP contribution in [0.1, 0.15) is 40.6 Å². The van der Waals surface area contributed by atoms with Gasteiger partial charge in [-0.2, -0.15) is 0 Å². The first kappa shape index (κ1) is 24.8. The van der Waals surface area contributed by atoms with E-state index in [1.165, 1.54) is 13.4 Å². The maximum Gasteiger partial charge on any atom is 0.374 e. The molecule has 2 heterocycles. The fraction of sp³-hybridized carbons (Fsp3) is 0.296. The van der Waals surface area contributed by atoms with Crippen LogP contribution in [0, 0.1) is 5.92 Å². The maximum atomic E-state index is 13.4. The highest BCUT2D eigenvalue weighted by Crippen LogP contribution is 2.43. The predicted octanol–water partition coefficient (Wildman–Crippen LogP) is 4.31. The average Bonchev–Trinajstić information content (AvgIpc) is 3.40. The number of benzene rings is 2. The number of amides is 1. The summed E-state index contributed by atoms with van der Waals surface area (Å²) in [5, 5.41) is 0. The van der Waals surface area contributed by atoms with Crippen molar-refractivity contribution >= 4 is 23.5 Å². The van der Waals surface area contributed by atoms with Gasteiger partial charge in [-0.15, -0.1) is 0 Å². The molecule has 2 aromatic carbocycles. The van der Waals surface area contributed by atoms with Crippen molar-refractivity contribution in [2.75, 3.05) is 26.2 Å². The topological polar surface area (TPSA) is 105 Å². The van der Waals surface area contributed by atoms with E-state index in [2.05, 4.69) is 0 Å². The van der Waals surface area contributed by atoms with Gasteiger partial charge >= 0.3 is 11.9 Å². The fourth-order valence-electron chi connectivity index (χ4n) is 4.43. The van der Waals surface area contributed by atoms with Crippen molar-refractivity contribution in [3.05, 3.63) is 77.7 Å². The molecule has 1 amide bonds. The third-order valence-corrected chi connectivity index (χ3v) is 6.20. The second-order valence-electron chi connectivity index (χ2n) is 8.17. The van der Waals surface area contributed by atoms with Crippen LogP contribution in [0.15, 0.2) is 65.3 Å². The van der Waals surface area contributed by atoms with E-state index < -0.39 is 23.9 Å². The second kappa shape index (κ2) is 11.0. The van der Waals surface area contributed by atoms with Crippen molar-refractivity contribution < 1.29 is 37.7 Å². The molecule has 1 saturated heterocycles. The summed E-state index contributed by atoms with van der Waals surface area (Å²) >= 11 is 0. The number of carbonyl (C=O) groups excluding carboxylic acids is 3. The highest BCUT2D eigenvalue weighted by atomic mass is 16.5.